The number of carbonyl (C=O) groups excluding carboxylic acids is 1. The molecule has 1 aliphatic rings. The number of halogens is 5. The van der Waals surface area contributed by atoms with Gasteiger partial charge in [0.05, 0.1) is 33.5 Å². The van der Waals surface area contributed by atoms with Gasteiger partial charge in [-0.2, -0.15) is 17.5 Å². The molecule has 0 spiro atoms. The van der Waals surface area contributed by atoms with Crippen molar-refractivity contribution in [2.24, 2.45) is 5.92 Å². The molecular formula is C20H19Cl2F3N2O4S. The van der Waals surface area contributed by atoms with E-state index in [0.717, 1.165) is 12.1 Å². The highest BCUT2D eigenvalue weighted by molar-refractivity contribution is 7.89. The number of carbonyl (C=O) groups is 1. The minimum atomic E-state index is -4.67. The molecule has 12 heteroatoms. The van der Waals surface area contributed by atoms with E-state index >= 15 is 0 Å². The maximum absolute atomic E-state index is 13.1. The summed E-state index contributed by atoms with van der Waals surface area (Å²) in [6.07, 6.45) is -3.87. The number of nitrogens with zero attached hydrogens (tertiary/aromatic N) is 1. The van der Waals surface area contributed by atoms with Crippen molar-refractivity contribution in [1.29, 1.82) is 0 Å². The molecule has 2 aromatic rings. The molecule has 2 aromatic carbocycles. The summed E-state index contributed by atoms with van der Waals surface area (Å²) in [4.78, 5) is 12.6. The molecule has 0 saturated carbocycles. The van der Waals surface area contributed by atoms with Gasteiger partial charge in [-0.3, -0.25) is 4.79 Å². The molecule has 1 atom stereocenters. The van der Waals surface area contributed by atoms with Gasteiger partial charge in [-0.1, -0.05) is 23.2 Å². The quantitative estimate of drug-likeness (QED) is 0.609. The first kappa shape index (κ1) is 24.6. The van der Waals surface area contributed by atoms with Crippen molar-refractivity contribution in [1.82, 2.24) is 4.31 Å². The van der Waals surface area contributed by atoms with Crippen LogP contribution in [0.3, 0.4) is 0 Å². The van der Waals surface area contributed by atoms with Crippen LogP contribution < -0.4 is 10.1 Å². The molecule has 1 N–H and O–H groups in total. The van der Waals surface area contributed by atoms with Crippen LogP contribution in [0.15, 0.2) is 41.3 Å². The van der Waals surface area contributed by atoms with E-state index in [1.807, 2.05) is 0 Å². The minimum Gasteiger partial charge on any atom is -0.495 e. The van der Waals surface area contributed by atoms with Crippen molar-refractivity contribution >= 4 is 44.8 Å². The van der Waals surface area contributed by atoms with Crippen LogP contribution in [0.25, 0.3) is 0 Å². The van der Waals surface area contributed by atoms with E-state index in [0.29, 0.717) is 18.6 Å². The van der Waals surface area contributed by atoms with Crippen molar-refractivity contribution in [2.75, 3.05) is 25.5 Å². The summed E-state index contributed by atoms with van der Waals surface area (Å²) >= 11 is 11.6. The monoisotopic (exact) mass is 510 g/mol. The van der Waals surface area contributed by atoms with E-state index in [2.05, 4.69) is 5.32 Å². The highest BCUT2D eigenvalue weighted by Gasteiger charge is 2.35. The molecule has 0 bridgehead atoms. The molecule has 0 aromatic heterocycles. The minimum absolute atomic E-state index is 0.0446. The zero-order chi connectivity index (χ0) is 23.7. The van der Waals surface area contributed by atoms with Crippen LogP contribution in [0.1, 0.15) is 18.4 Å². The first-order valence-electron chi connectivity index (χ1n) is 9.45. The second-order valence-electron chi connectivity index (χ2n) is 7.18. The highest BCUT2D eigenvalue weighted by atomic mass is 35.5. The number of amides is 1. The van der Waals surface area contributed by atoms with Crippen LogP contribution in [0.5, 0.6) is 5.75 Å². The highest BCUT2D eigenvalue weighted by Crippen LogP contribution is 2.36. The van der Waals surface area contributed by atoms with E-state index in [1.54, 1.807) is 0 Å². The molecule has 1 aliphatic heterocycles. The number of piperidine rings is 1. The van der Waals surface area contributed by atoms with E-state index in [9.17, 15) is 26.4 Å². The van der Waals surface area contributed by atoms with Gasteiger partial charge in [0.25, 0.3) is 0 Å². The lowest BCUT2D eigenvalue weighted by Crippen LogP contribution is -2.43. The summed E-state index contributed by atoms with van der Waals surface area (Å²) in [6, 6.07) is 7.11. The first-order valence-corrected chi connectivity index (χ1v) is 11.6. The molecule has 6 nitrogen and oxygen atoms in total. The topological polar surface area (TPSA) is 75.7 Å². The normalized spacial score (nSPS) is 17.8. The maximum Gasteiger partial charge on any atom is 0.417 e. The molecule has 0 radical (unpaired) electrons. The Kier molecular flexibility index (Phi) is 7.28. The van der Waals surface area contributed by atoms with E-state index in [4.69, 9.17) is 27.9 Å². The van der Waals surface area contributed by atoms with Gasteiger partial charge in [0.15, 0.2) is 0 Å². The fraction of sp³-hybridized carbons (Fsp3) is 0.350. The molecule has 1 fully saturated rings. The first-order chi connectivity index (χ1) is 14.9. The molecule has 0 unspecified atom stereocenters. The predicted molar refractivity (Wildman–Crippen MR) is 115 cm³/mol. The standard InChI is InChI=1S/C20H19Cl2F3N2O4S/c1-31-18-7-5-14(10-17(18)22)32(29,30)27-8-2-3-12(11-27)19(28)26-13-4-6-16(21)15(9-13)20(23,24)25/h4-7,9-10,12H,2-3,8,11H2,1H3,(H,26,28)/t12-/m0/s1. The van der Waals surface area contributed by atoms with Gasteiger partial charge in [0.1, 0.15) is 5.75 Å². The number of alkyl halides is 3. The SMILES string of the molecule is COc1ccc(S(=O)(=O)N2CCC[C@H](C(=O)Nc3ccc(Cl)c(C(F)(F)F)c3)C2)cc1Cl. The third kappa shape index (κ3) is 5.31. The number of hydrogen-bond acceptors (Lipinski definition) is 4. The van der Waals surface area contributed by atoms with Crippen LogP contribution in [0.4, 0.5) is 18.9 Å². The van der Waals surface area contributed by atoms with E-state index < -0.39 is 38.6 Å². The third-order valence-corrected chi connectivity index (χ3v) is 7.54. The molecule has 1 amide bonds. The van der Waals surface area contributed by atoms with Gasteiger partial charge in [0, 0.05) is 18.8 Å². The second kappa shape index (κ2) is 9.46. The van der Waals surface area contributed by atoms with Gasteiger partial charge < -0.3 is 10.1 Å². The Morgan fingerprint density at radius 3 is 2.50 bits per heavy atom. The van der Waals surface area contributed by atoms with Gasteiger partial charge in [-0.05, 0) is 49.2 Å². The van der Waals surface area contributed by atoms with Crippen LogP contribution in [-0.4, -0.2) is 38.8 Å². The number of anilines is 1. The summed E-state index contributed by atoms with van der Waals surface area (Å²) in [5, 5.41) is 2.08. The molecule has 174 valence electrons. The average molecular weight is 511 g/mol. The van der Waals surface area contributed by atoms with Crippen LogP contribution in [0.2, 0.25) is 10.0 Å². The van der Waals surface area contributed by atoms with Crippen molar-refractivity contribution in [3.8, 4) is 5.75 Å². The molecule has 0 aliphatic carbocycles. The number of nitrogens with one attached hydrogen (secondary N) is 1. The van der Waals surface area contributed by atoms with Crippen molar-refractivity contribution in [2.45, 2.75) is 23.9 Å². The second-order valence-corrected chi connectivity index (χ2v) is 9.93. The van der Waals surface area contributed by atoms with Crippen molar-refractivity contribution < 1.29 is 31.1 Å². The lowest BCUT2D eigenvalue weighted by atomic mass is 9.98. The number of hydrogen-bond donors (Lipinski definition) is 1. The summed E-state index contributed by atoms with van der Waals surface area (Å²) < 4.78 is 71.4. The Morgan fingerprint density at radius 1 is 1.16 bits per heavy atom. The van der Waals surface area contributed by atoms with E-state index in [-0.39, 0.29) is 28.7 Å². The molecule has 1 saturated heterocycles. The van der Waals surface area contributed by atoms with Crippen LogP contribution in [0, 0.1) is 5.92 Å². The Labute approximate surface area is 193 Å². The molecular weight excluding hydrogens is 492 g/mol. The molecule has 3 rings (SSSR count). The van der Waals surface area contributed by atoms with Crippen molar-refractivity contribution in [3.63, 3.8) is 0 Å². The van der Waals surface area contributed by atoms with Gasteiger partial charge >= 0.3 is 6.18 Å². The zero-order valence-electron chi connectivity index (χ0n) is 16.7. The van der Waals surface area contributed by atoms with Crippen LogP contribution in [-0.2, 0) is 21.0 Å². The van der Waals surface area contributed by atoms with Gasteiger partial charge in [-0.15, -0.1) is 0 Å². The van der Waals surface area contributed by atoms with Crippen LogP contribution >= 0.6 is 23.2 Å². The predicted octanol–water partition coefficient (Wildman–Crippen LogP) is 5.06. The fourth-order valence-corrected chi connectivity index (χ4v) is 5.49. The number of sulfonamides is 1. The largest absolute Gasteiger partial charge is 0.495 e. The smallest absolute Gasteiger partial charge is 0.417 e. The fourth-order valence-electron chi connectivity index (χ4n) is 3.40. The number of methoxy groups -OCH3 is 1. The molecule has 32 heavy (non-hydrogen) atoms. The maximum atomic E-state index is 13.1. The van der Waals surface area contributed by atoms with Crippen molar-refractivity contribution in [3.05, 3.63) is 52.0 Å². The van der Waals surface area contributed by atoms with E-state index in [1.165, 1.54) is 35.7 Å². The third-order valence-electron chi connectivity index (χ3n) is 5.06. The zero-order valence-corrected chi connectivity index (χ0v) is 19.1. The summed E-state index contributed by atoms with van der Waals surface area (Å²) in [5.74, 6) is -0.993. The summed E-state index contributed by atoms with van der Waals surface area (Å²) in [7, 11) is -2.53. The van der Waals surface area contributed by atoms with Gasteiger partial charge in [-0.25, -0.2) is 8.42 Å². The lowest BCUT2D eigenvalue weighted by Gasteiger charge is -2.31. The Morgan fingerprint density at radius 2 is 1.88 bits per heavy atom. The number of rotatable bonds is 5. The van der Waals surface area contributed by atoms with Gasteiger partial charge in [0.2, 0.25) is 15.9 Å². The lowest BCUT2D eigenvalue weighted by molar-refractivity contribution is -0.137. The summed E-state index contributed by atoms with van der Waals surface area (Å²) in [6.45, 7) is 0.0897. The number of benzene rings is 2. The Hall–Kier alpha value is -2.01. The Bertz CT molecular complexity index is 1130. The average Bonchev–Trinajstić information content (AvgIpc) is 2.74. The Balaban J connectivity index is 1.76. The number of ether oxygens (including phenoxy) is 1. The molecule has 1 heterocycles. The summed E-state index contributed by atoms with van der Waals surface area (Å²) in [5.41, 5.74) is -1.14.